The third-order valence-corrected chi connectivity index (χ3v) is 4.59. The Labute approximate surface area is 107 Å². The number of rotatable bonds is 7. The van der Waals surface area contributed by atoms with Crippen molar-refractivity contribution in [2.24, 2.45) is 0 Å². The average molecular weight is 274 g/mol. The molecule has 0 fully saturated rings. The molecule has 6 nitrogen and oxygen atoms in total. The summed E-state index contributed by atoms with van der Waals surface area (Å²) in [4.78, 5) is 11.1. The largest absolute Gasteiger partial charge is 0.468 e. The number of hydrogen-bond donors (Lipinski definition) is 2. The van der Waals surface area contributed by atoms with Crippen LogP contribution < -0.4 is 10.6 Å². The van der Waals surface area contributed by atoms with Gasteiger partial charge in [-0.3, -0.25) is 4.79 Å². The van der Waals surface area contributed by atoms with Gasteiger partial charge < -0.3 is 15.1 Å². The standard InChI is InChI=1S/C11H18N2O4S/c1-9(18(15,16)8-11(14)12-2)6-13-7-10-4-3-5-17-10/h3-5,9,13H,6-8H2,1-2H3,(H,12,14). The minimum Gasteiger partial charge on any atom is -0.468 e. The highest BCUT2D eigenvalue weighted by Crippen LogP contribution is 2.03. The van der Waals surface area contributed by atoms with Crippen LogP contribution in [0.15, 0.2) is 22.8 Å². The summed E-state index contributed by atoms with van der Waals surface area (Å²) >= 11 is 0. The summed E-state index contributed by atoms with van der Waals surface area (Å²) in [5.41, 5.74) is 0. The Balaban J connectivity index is 2.39. The monoisotopic (exact) mass is 274 g/mol. The maximum atomic E-state index is 11.8. The van der Waals surface area contributed by atoms with Crippen LogP contribution in [0.25, 0.3) is 0 Å². The lowest BCUT2D eigenvalue weighted by Gasteiger charge is -2.12. The lowest BCUT2D eigenvalue weighted by molar-refractivity contribution is -0.118. The van der Waals surface area contributed by atoms with E-state index in [1.165, 1.54) is 7.05 Å². The van der Waals surface area contributed by atoms with E-state index < -0.39 is 26.7 Å². The van der Waals surface area contributed by atoms with E-state index in [9.17, 15) is 13.2 Å². The van der Waals surface area contributed by atoms with E-state index in [1.54, 1.807) is 25.3 Å². The molecule has 1 heterocycles. The molecule has 0 aliphatic heterocycles. The van der Waals surface area contributed by atoms with Gasteiger partial charge in [-0.2, -0.15) is 0 Å². The molecule has 0 saturated heterocycles. The van der Waals surface area contributed by atoms with Gasteiger partial charge in [0.2, 0.25) is 5.91 Å². The van der Waals surface area contributed by atoms with E-state index >= 15 is 0 Å². The molecule has 1 aromatic rings. The van der Waals surface area contributed by atoms with Gasteiger partial charge in [-0.15, -0.1) is 0 Å². The summed E-state index contributed by atoms with van der Waals surface area (Å²) in [5, 5.41) is 4.66. The second-order valence-electron chi connectivity index (χ2n) is 4.00. The van der Waals surface area contributed by atoms with Crippen LogP contribution >= 0.6 is 0 Å². The minimum atomic E-state index is -3.42. The molecule has 0 bridgehead atoms. The van der Waals surface area contributed by atoms with Gasteiger partial charge in [0.1, 0.15) is 11.5 Å². The lowest BCUT2D eigenvalue weighted by atomic mass is 10.4. The Bertz CT molecular complexity index is 467. The van der Waals surface area contributed by atoms with Crippen molar-refractivity contribution in [3.8, 4) is 0 Å². The van der Waals surface area contributed by atoms with Gasteiger partial charge in [-0.1, -0.05) is 0 Å². The third-order valence-electron chi connectivity index (χ3n) is 2.54. The summed E-state index contributed by atoms with van der Waals surface area (Å²) in [6, 6.07) is 3.57. The first-order chi connectivity index (χ1) is 8.45. The van der Waals surface area contributed by atoms with Crippen LogP contribution in [-0.4, -0.2) is 38.9 Å². The fourth-order valence-electron chi connectivity index (χ4n) is 1.34. The first kappa shape index (κ1) is 14.7. The zero-order chi connectivity index (χ0) is 13.6. The van der Waals surface area contributed by atoms with Crippen molar-refractivity contribution in [1.82, 2.24) is 10.6 Å². The van der Waals surface area contributed by atoms with Crippen LogP contribution in [0.1, 0.15) is 12.7 Å². The molecule has 0 aliphatic rings. The summed E-state index contributed by atoms with van der Waals surface area (Å²) in [5.74, 6) is -0.230. The SMILES string of the molecule is CNC(=O)CS(=O)(=O)C(C)CNCc1ccco1. The third kappa shape index (κ3) is 4.50. The molecule has 18 heavy (non-hydrogen) atoms. The van der Waals surface area contributed by atoms with Crippen LogP contribution in [0.2, 0.25) is 0 Å². The lowest BCUT2D eigenvalue weighted by Crippen LogP contribution is -2.37. The van der Waals surface area contributed by atoms with E-state index in [0.717, 1.165) is 5.76 Å². The zero-order valence-electron chi connectivity index (χ0n) is 10.5. The van der Waals surface area contributed by atoms with E-state index in [0.29, 0.717) is 6.54 Å². The van der Waals surface area contributed by atoms with E-state index in [4.69, 9.17) is 4.42 Å². The van der Waals surface area contributed by atoms with Gasteiger partial charge in [0.25, 0.3) is 0 Å². The molecule has 1 atom stereocenters. The molecule has 0 aromatic carbocycles. The van der Waals surface area contributed by atoms with E-state index in [2.05, 4.69) is 10.6 Å². The number of carbonyl (C=O) groups is 1. The predicted molar refractivity (Wildman–Crippen MR) is 67.7 cm³/mol. The number of nitrogens with one attached hydrogen (secondary N) is 2. The number of carbonyl (C=O) groups excluding carboxylic acids is 1. The second-order valence-corrected chi connectivity index (χ2v) is 6.42. The summed E-state index contributed by atoms with van der Waals surface area (Å²) in [6.45, 7) is 2.32. The first-order valence-electron chi connectivity index (χ1n) is 5.61. The second kappa shape index (κ2) is 6.55. The van der Waals surface area contributed by atoms with Crippen LogP contribution in [-0.2, 0) is 21.2 Å². The molecule has 1 rings (SSSR count). The first-order valence-corrected chi connectivity index (χ1v) is 7.32. The Morgan fingerprint density at radius 3 is 2.78 bits per heavy atom. The van der Waals surface area contributed by atoms with Crippen LogP contribution in [0.4, 0.5) is 0 Å². The smallest absolute Gasteiger partial charge is 0.234 e. The predicted octanol–water partition coefficient (Wildman–Crippen LogP) is -0.0815. The molecule has 1 amide bonds. The van der Waals surface area contributed by atoms with Crippen molar-refractivity contribution in [1.29, 1.82) is 0 Å². The molecule has 102 valence electrons. The normalized spacial score (nSPS) is 13.2. The number of furan rings is 1. The molecular weight excluding hydrogens is 256 g/mol. The Morgan fingerprint density at radius 2 is 2.22 bits per heavy atom. The van der Waals surface area contributed by atoms with Crippen LogP contribution in [0.3, 0.4) is 0 Å². The van der Waals surface area contributed by atoms with E-state index in [1.807, 2.05) is 0 Å². The van der Waals surface area contributed by atoms with E-state index in [-0.39, 0.29) is 6.54 Å². The van der Waals surface area contributed by atoms with Crippen molar-refractivity contribution >= 4 is 15.7 Å². The molecule has 1 unspecified atom stereocenters. The summed E-state index contributed by atoms with van der Waals surface area (Å²) in [7, 11) is -2.00. The van der Waals surface area contributed by atoms with Crippen molar-refractivity contribution in [3.05, 3.63) is 24.2 Å². The van der Waals surface area contributed by atoms with Gasteiger partial charge >= 0.3 is 0 Å². The Kier molecular flexibility index (Phi) is 5.36. The number of hydrogen-bond acceptors (Lipinski definition) is 5. The highest BCUT2D eigenvalue weighted by Gasteiger charge is 2.23. The van der Waals surface area contributed by atoms with Gasteiger partial charge in [0.05, 0.1) is 18.1 Å². The van der Waals surface area contributed by atoms with Crippen LogP contribution in [0.5, 0.6) is 0 Å². The molecular formula is C11H18N2O4S. The summed E-state index contributed by atoms with van der Waals surface area (Å²) < 4.78 is 28.6. The van der Waals surface area contributed by atoms with Gasteiger partial charge in [-0.05, 0) is 19.1 Å². The highest BCUT2D eigenvalue weighted by molar-refractivity contribution is 7.92. The Morgan fingerprint density at radius 1 is 1.50 bits per heavy atom. The minimum absolute atomic E-state index is 0.278. The molecule has 0 radical (unpaired) electrons. The molecule has 7 heteroatoms. The van der Waals surface area contributed by atoms with Gasteiger partial charge in [-0.25, -0.2) is 8.42 Å². The average Bonchev–Trinajstić information content (AvgIpc) is 2.81. The van der Waals surface area contributed by atoms with Gasteiger partial charge in [0.15, 0.2) is 9.84 Å². The zero-order valence-corrected chi connectivity index (χ0v) is 11.3. The maximum absolute atomic E-state index is 11.8. The maximum Gasteiger partial charge on any atom is 0.234 e. The number of amides is 1. The summed E-state index contributed by atoms with van der Waals surface area (Å²) in [6.07, 6.45) is 1.56. The van der Waals surface area contributed by atoms with Crippen LogP contribution in [0, 0.1) is 0 Å². The fraction of sp³-hybridized carbons (Fsp3) is 0.545. The number of sulfone groups is 1. The van der Waals surface area contributed by atoms with Crippen molar-refractivity contribution in [2.75, 3.05) is 19.3 Å². The molecule has 0 spiro atoms. The topological polar surface area (TPSA) is 88.4 Å². The van der Waals surface area contributed by atoms with Gasteiger partial charge in [0, 0.05) is 13.6 Å². The van der Waals surface area contributed by atoms with Crippen molar-refractivity contribution in [3.63, 3.8) is 0 Å². The highest BCUT2D eigenvalue weighted by atomic mass is 32.2. The Hall–Kier alpha value is -1.34. The molecule has 1 aromatic heterocycles. The molecule has 0 saturated carbocycles. The van der Waals surface area contributed by atoms with Crippen molar-refractivity contribution in [2.45, 2.75) is 18.7 Å². The fourth-order valence-corrected chi connectivity index (χ4v) is 2.50. The quantitative estimate of drug-likeness (QED) is 0.726. The molecule has 2 N–H and O–H groups in total. The van der Waals surface area contributed by atoms with Crippen molar-refractivity contribution < 1.29 is 17.6 Å². The molecule has 0 aliphatic carbocycles.